The Balaban J connectivity index is 1.79. The maximum absolute atomic E-state index is 12.4. The number of nitrogens with one attached hydrogen (secondary N) is 1. The smallest absolute Gasteiger partial charge is 0.270 e. The monoisotopic (exact) mass is 284 g/mol. The fourth-order valence-corrected chi connectivity index (χ4v) is 2.39. The van der Waals surface area contributed by atoms with Gasteiger partial charge in [0.15, 0.2) is 5.89 Å². The summed E-state index contributed by atoms with van der Waals surface area (Å²) in [6.07, 6.45) is 2.21. The number of amides is 1. The van der Waals surface area contributed by atoms with Crippen LogP contribution < -0.4 is 0 Å². The summed E-state index contributed by atoms with van der Waals surface area (Å²) < 4.78 is 5.72. The van der Waals surface area contributed by atoms with Gasteiger partial charge in [-0.3, -0.25) is 4.79 Å². The molecule has 0 atom stereocenters. The Labute approximate surface area is 122 Å². The highest BCUT2D eigenvalue weighted by Gasteiger charge is 2.27. The molecule has 0 saturated heterocycles. The van der Waals surface area contributed by atoms with Gasteiger partial charge in [-0.1, -0.05) is 13.8 Å². The minimum Gasteiger partial charge on any atom is -0.445 e. The highest BCUT2D eigenvalue weighted by Crippen LogP contribution is 2.24. The second-order valence-electron chi connectivity index (χ2n) is 5.47. The summed E-state index contributed by atoms with van der Waals surface area (Å²) in [4.78, 5) is 21.4. The maximum atomic E-state index is 12.4. The first-order valence-corrected chi connectivity index (χ1v) is 6.94. The average molecular weight is 284 g/mol. The first-order valence-electron chi connectivity index (χ1n) is 6.94. The minimum absolute atomic E-state index is 0.115. The molecule has 0 unspecified atom stereocenters. The van der Waals surface area contributed by atoms with E-state index in [9.17, 15) is 4.79 Å². The van der Waals surface area contributed by atoms with Crippen LogP contribution in [0.15, 0.2) is 16.7 Å². The summed E-state index contributed by atoms with van der Waals surface area (Å²) in [5.41, 5.74) is 1.73. The van der Waals surface area contributed by atoms with Crippen LogP contribution in [0.5, 0.6) is 0 Å². The molecule has 21 heavy (non-hydrogen) atoms. The Morgan fingerprint density at radius 3 is 3.05 bits per heavy atom. The molecule has 1 amide bonds. The molecule has 108 valence electrons. The van der Waals surface area contributed by atoms with Crippen LogP contribution >= 0.6 is 0 Å². The minimum atomic E-state index is -0.115. The second kappa shape index (κ2) is 5.09. The van der Waals surface area contributed by atoms with Crippen LogP contribution in [0.4, 0.5) is 0 Å². The van der Waals surface area contributed by atoms with Crippen molar-refractivity contribution in [2.75, 3.05) is 6.54 Å². The number of oxazole rings is 1. The van der Waals surface area contributed by atoms with Crippen LogP contribution in [0.25, 0.3) is 0 Å². The number of nitriles is 1. The number of carbonyl (C=O) groups is 1. The van der Waals surface area contributed by atoms with E-state index in [1.165, 1.54) is 6.20 Å². The van der Waals surface area contributed by atoms with Crippen molar-refractivity contribution in [3.8, 4) is 6.07 Å². The number of rotatable bonds is 2. The molecule has 0 saturated carbocycles. The molecule has 0 radical (unpaired) electrons. The van der Waals surface area contributed by atoms with Crippen molar-refractivity contribution in [3.05, 3.63) is 40.9 Å². The predicted octanol–water partition coefficient (Wildman–Crippen LogP) is 2.20. The molecule has 0 bridgehead atoms. The molecule has 6 heteroatoms. The van der Waals surface area contributed by atoms with E-state index in [1.807, 2.05) is 19.9 Å². The zero-order valence-corrected chi connectivity index (χ0v) is 12.0. The Kier molecular flexibility index (Phi) is 3.26. The Hall–Kier alpha value is -2.55. The first-order chi connectivity index (χ1) is 10.1. The summed E-state index contributed by atoms with van der Waals surface area (Å²) in [5, 5.41) is 8.81. The van der Waals surface area contributed by atoms with Crippen molar-refractivity contribution < 1.29 is 9.21 Å². The Morgan fingerprint density at radius 2 is 2.38 bits per heavy atom. The molecule has 1 N–H and O–H groups in total. The number of aromatic amines is 1. The number of hydrogen-bond donors (Lipinski definition) is 1. The van der Waals surface area contributed by atoms with Crippen molar-refractivity contribution >= 4 is 5.91 Å². The number of H-pyrrole nitrogens is 1. The van der Waals surface area contributed by atoms with Gasteiger partial charge in [-0.2, -0.15) is 5.26 Å². The standard InChI is InChI=1S/C15H16N4O2/c1-9(2)14-18-12-8-19(4-3-13(12)21-14)15(20)11-5-10(6-16)7-17-11/h5,7,9,17H,3-4,8H2,1-2H3. The van der Waals surface area contributed by atoms with E-state index in [1.54, 1.807) is 11.0 Å². The van der Waals surface area contributed by atoms with Gasteiger partial charge in [0.05, 0.1) is 12.1 Å². The highest BCUT2D eigenvalue weighted by molar-refractivity contribution is 5.93. The van der Waals surface area contributed by atoms with Gasteiger partial charge in [0.1, 0.15) is 23.2 Å². The van der Waals surface area contributed by atoms with Crippen molar-refractivity contribution in [3.63, 3.8) is 0 Å². The zero-order chi connectivity index (χ0) is 15.0. The van der Waals surface area contributed by atoms with Crippen LogP contribution in [-0.2, 0) is 13.0 Å². The lowest BCUT2D eigenvalue weighted by Gasteiger charge is -2.24. The molecular formula is C15H16N4O2. The number of aromatic nitrogens is 2. The molecule has 1 aliphatic rings. The van der Waals surface area contributed by atoms with E-state index in [-0.39, 0.29) is 11.8 Å². The Bertz CT molecular complexity index is 720. The van der Waals surface area contributed by atoms with E-state index in [0.717, 1.165) is 17.3 Å². The van der Waals surface area contributed by atoms with Gasteiger partial charge in [-0.15, -0.1) is 0 Å². The van der Waals surface area contributed by atoms with Crippen LogP contribution in [0.1, 0.15) is 53.2 Å². The van der Waals surface area contributed by atoms with E-state index in [4.69, 9.17) is 9.68 Å². The number of hydrogen-bond acceptors (Lipinski definition) is 4. The molecule has 3 rings (SSSR count). The highest BCUT2D eigenvalue weighted by atomic mass is 16.4. The van der Waals surface area contributed by atoms with Gasteiger partial charge in [-0.05, 0) is 6.07 Å². The normalized spacial score (nSPS) is 14.1. The van der Waals surface area contributed by atoms with Crippen molar-refractivity contribution in [1.82, 2.24) is 14.9 Å². The molecule has 3 heterocycles. The quantitative estimate of drug-likeness (QED) is 0.916. The lowest BCUT2D eigenvalue weighted by atomic mass is 10.1. The van der Waals surface area contributed by atoms with Crippen LogP contribution in [0, 0.1) is 11.3 Å². The summed E-state index contributed by atoms with van der Waals surface area (Å²) in [6.45, 7) is 5.11. The lowest BCUT2D eigenvalue weighted by Crippen LogP contribution is -2.36. The molecule has 1 aliphatic heterocycles. The number of fused-ring (bicyclic) bond motifs is 1. The van der Waals surface area contributed by atoms with Gasteiger partial charge in [0, 0.05) is 25.1 Å². The van der Waals surface area contributed by atoms with Gasteiger partial charge in [-0.25, -0.2) is 4.98 Å². The Morgan fingerprint density at radius 1 is 1.57 bits per heavy atom. The van der Waals surface area contributed by atoms with E-state index in [0.29, 0.717) is 30.8 Å². The van der Waals surface area contributed by atoms with E-state index in [2.05, 4.69) is 9.97 Å². The molecule has 2 aromatic rings. The predicted molar refractivity (Wildman–Crippen MR) is 74.5 cm³/mol. The van der Waals surface area contributed by atoms with E-state index >= 15 is 0 Å². The molecule has 6 nitrogen and oxygen atoms in total. The third-order valence-electron chi connectivity index (χ3n) is 3.57. The third kappa shape index (κ3) is 2.42. The third-order valence-corrected chi connectivity index (χ3v) is 3.57. The van der Waals surface area contributed by atoms with Crippen LogP contribution in [-0.4, -0.2) is 27.3 Å². The van der Waals surface area contributed by atoms with Gasteiger partial charge < -0.3 is 14.3 Å². The second-order valence-corrected chi connectivity index (χ2v) is 5.47. The maximum Gasteiger partial charge on any atom is 0.270 e. The first kappa shape index (κ1) is 13.4. The lowest BCUT2D eigenvalue weighted by molar-refractivity contribution is 0.0722. The molecular weight excluding hydrogens is 268 g/mol. The SMILES string of the molecule is CC(C)c1nc2c(o1)CCN(C(=O)c1cc(C#N)c[nH]1)C2. The van der Waals surface area contributed by atoms with E-state index < -0.39 is 0 Å². The number of carbonyl (C=O) groups excluding carboxylic acids is 1. The van der Waals surface area contributed by atoms with Crippen LogP contribution in [0.3, 0.4) is 0 Å². The average Bonchev–Trinajstić information content (AvgIpc) is 3.12. The molecule has 0 spiro atoms. The zero-order valence-electron chi connectivity index (χ0n) is 12.0. The van der Waals surface area contributed by atoms with Crippen molar-refractivity contribution in [2.45, 2.75) is 32.7 Å². The van der Waals surface area contributed by atoms with Gasteiger partial charge >= 0.3 is 0 Å². The summed E-state index contributed by atoms with van der Waals surface area (Å²) in [5.74, 6) is 1.73. The summed E-state index contributed by atoms with van der Waals surface area (Å²) >= 11 is 0. The molecule has 0 aliphatic carbocycles. The van der Waals surface area contributed by atoms with Crippen molar-refractivity contribution in [1.29, 1.82) is 5.26 Å². The molecule has 0 fully saturated rings. The van der Waals surface area contributed by atoms with Crippen molar-refractivity contribution in [2.24, 2.45) is 0 Å². The topological polar surface area (TPSA) is 85.9 Å². The van der Waals surface area contributed by atoms with Crippen LogP contribution in [0.2, 0.25) is 0 Å². The fourth-order valence-electron chi connectivity index (χ4n) is 2.39. The summed E-state index contributed by atoms with van der Waals surface area (Å²) in [7, 11) is 0. The molecule has 2 aromatic heterocycles. The van der Waals surface area contributed by atoms with Gasteiger partial charge in [0.25, 0.3) is 5.91 Å². The fraction of sp³-hybridized carbons (Fsp3) is 0.400. The van der Waals surface area contributed by atoms with Gasteiger partial charge in [0.2, 0.25) is 0 Å². The molecule has 0 aromatic carbocycles. The summed E-state index contributed by atoms with van der Waals surface area (Å²) in [6, 6.07) is 3.58. The largest absolute Gasteiger partial charge is 0.445 e. The number of nitrogens with zero attached hydrogens (tertiary/aromatic N) is 3.